The van der Waals surface area contributed by atoms with Crippen molar-refractivity contribution < 1.29 is 9.47 Å². The fraction of sp³-hybridized carbons (Fsp3) is 0.444. The summed E-state index contributed by atoms with van der Waals surface area (Å²) >= 11 is 0. The van der Waals surface area contributed by atoms with Crippen LogP contribution in [0.1, 0.15) is 76.6 Å². The summed E-state index contributed by atoms with van der Waals surface area (Å²) in [6.45, 7) is 6.62. The van der Waals surface area contributed by atoms with E-state index < -0.39 is 0 Å². The normalized spacial score (nSPS) is 15.7. The highest BCUT2D eigenvalue weighted by atomic mass is 16.5. The summed E-state index contributed by atoms with van der Waals surface area (Å²) in [4.78, 5) is 18.2. The second-order valence-electron chi connectivity index (χ2n) is 8.66. The first-order valence-corrected chi connectivity index (χ1v) is 12.1. The van der Waals surface area contributed by atoms with E-state index in [1.54, 1.807) is 6.21 Å². The van der Waals surface area contributed by atoms with Gasteiger partial charge in [-0.15, -0.1) is 0 Å². The highest BCUT2D eigenvalue weighted by molar-refractivity contribution is 5.81. The molecule has 0 aliphatic heterocycles. The summed E-state index contributed by atoms with van der Waals surface area (Å²) in [5.74, 6) is 2.41. The fourth-order valence-corrected chi connectivity index (χ4v) is 4.27. The molecule has 1 saturated carbocycles. The van der Waals surface area contributed by atoms with Crippen molar-refractivity contribution in [1.29, 1.82) is 0 Å². The topological polar surface area (TPSA) is 65.7 Å². The Labute approximate surface area is 195 Å². The first-order chi connectivity index (χ1) is 16.1. The Morgan fingerprint density at radius 3 is 2.67 bits per heavy atom. The van der Waals surface area contributed by atoms with Crippen molar-refractivity contribution in [2.24, 2.45) is 5.10 Å². The number of aromatic nitrogens is 2. The average molecular weight is 448 g/mol. The molecule has 1 atom stereocenters. The molecule has 174 valence electrons. The van der Waals surface area contributed by atoms with E-state index in [4.69, 9.17) is 14.5 Å². The molecule has 0 saturated heterocycles. The summed E-state index contributed by atoms with van der Waals surface area (Å²) in [5.41, 5.74) is 1.45. The monoisotopic (exact) mass is 447 g/mol. The van der Waals surface area contributed by atoms with Crippen molar-refractivity contribution in [3.8, 4) is 11.5 Å². The van der Waals surface area contributed by atoms with Gasteiger partial charge in [-0.3, -0.25) is 4.79 Å². The van der Waals surface area contributed by atoms with E-state index in [0.29, 0.717) is 17.7 Å². The Balaban J connectivity index is 1.73. The first kappa shape index (κ1) is 23.0. The number of ether oxygens (including phenoxy) is 2. The standard InChI is InChI=1S/C27H33N3O3/c1-4-19(3)33-24-16-15-20(17-25(24)32-5-2)18-28-30-26(21-11-7-6-8-12-21)29-23-14-10-9-13-22(23)27(30)31/h9-10,13-19,21H,4-8,11-12H2,1-3H3/t19-/m0/s1. The van der Waals surface area contributed by atoms with Gasteiger partial charge >= 0.3 is 0 Å². The molecule has 0 radical (unpaired) electrons. The lowest BCUT2D eigenvalue weighted by Crippen LogP contribution is -2.25. The van der Waals surface area contributed by atoms with Crippen LogP contribution in [0.4, 0.5) is 0 Å². The Morgan fingerprint density at radius 2 is 1.91 bits per heavy atom. The zero-order valence-electron chi connectivity index (χ0n) is 19.8. The highest BCUT2D eigenvalue weighted by Gasteiger charge is 2.22. The molecule has 1 fully saturated rings. The van der Waals surface area contributed by atoms with Gasteiger partial charge in [-0.05, 0) is 69.0 Å². The van der Waals surface area contributed by atoms with Gasteiger partial charge in [0, 0.05) is 5.92 Å². The zero-order valence-corrected chi connectivity index (χ0v) is 19.8. The molecule has 0 N–H and O–H groups in total. The summed E-state index contributed by atoms with van der Waals surface area (Å²) < 4.78 is 13.3. The molecule has 0 spiro atoms. The van der Waals surface area contributed by atoms with Gasteiger partial charge in [0.25, 0.3) is 5.56 Å². The molecule has 6 heteroatoms. The van der Waals surface area contributed by atoms with Crippen LogP contribution in [0.25, 0.3) is 10.9 Å². The maximum Gasteiger partial charge on any atom is 0.282 e. The number of hydrogen-bond donors (Lipinski definition) is 0. The SMILES string of the molecule is CCOc1cc(C=Nn2c(C3CCCCC3)nc3ccccc3c2=O)ccc1O[C@@H](C)CC. The Bertz CT molecular complexity index is 1180. The minimum absolute atomic E-state index is 0.101. The summed E-state index contributed by atoms with van der Waals surface area (Å²) in [6, 6.07) is 13.3. The second kappa shape index (κ2) is 10.6. The van der Waals surface area contributed by atoms with Crippen LogP contribution in [0.2, 0.25) is 0 Å². The summed E-state index contributed by atoms with van der Waals surface area (Å²) in [7, 11) is 0. The second-order valence-corrected chi connectivity index (χ2v) is 8.66. The molecule has 0 amide bonds. The third-order valence-corrected chi connectivity index (χ3v) is 6.24. The Morgan fingerprint density at radius 1 is 1.12 bits per heavy atom. The predicted molar refractivity (Wildman–Crippen MR) is 133 cm³/mol. The van der Waals surface area contributed by atoms with E-state index in [0.717, 1.165) is 54.8 Å². The fourth-order valence-electron chi connectivity index (χ4n) is 4.27. The molecule has 33 heavy (non-hydrogen) atoms. The van der Waals surface area contributed by atoms with Crippen LogP contribution in [0.15, 0.2) is 52.4 Å². The lowest BCUT2D eigenvalue weighted by Gasteiger charge is -2.22. The van der Waals surface area contributed by atoms with Crippen LogP contribution < -0.4 is 15.0 Å². The van der Waals surface area contributed by atoms with E-state index in [-0.39, 0.29) is 17.6 Å². The number of nitrogens with zero attached hydrogens (tertiary/aromatic N) is 3. The number of para-hydroxylation sites is 1. The van der Waals surface area contributed by atoms with Gasteiger partial charge in [-0.25, -0.2) is 4.98 Å². The van der Waals surface area contributed by atoms with Gasteiger partial charge in [0.15, 0.2) is 11.5 Å². The molecular formula is C27H33N3O3. The number of benzene rings is 2. The zero-order chi connectivity index (χ0) is 23.2. The average Bonchev–Trinajstić information content (AvgIpc) is 2.85. The van der Waals surface area contributed by atoms with Gasteiger partial charge in [0.1, 0.15) is 5.82 Å². The lowest BCUT2D eigenvalue weighted by molar-refractivity contribution is 0.203. The van der Waals surface area contributed by atoms with E-state index in [1.165, 1.54) is 11.1 Å². The van der Waals surface area contributed by atoms with E-state index in [2.05, 4.69) is 12.0 Å². The molecule has 3 aromatic rings. The van der Waals surface area contributed by atoms with Gasteiger partial charge < -0.3 is 9.47 Å². The van der Waals surface area contributed by atoms with Crippen molar-refractivity contribution in [1.82, 2.24) is 9.66 Å². The number of rotatable bonds is 8. The number of fused-ring (bicyclic) bond motifs is 1. The van der Waals surface area contributed by atoms with Gasteiger partial charge in [0.05, 0.1) is 29.8 Å². The molecule has 0 bridgehead atoms. The summed E-state index contributed by atoms with van der Waals surface area (Å²) in [5, 5.41) is 5.21. The third-order valence-electron chi connectivity index (χ3n) is 6.24. The van der Waals surface area contributed by atoms with Gasteiger partial charge in [0.2, 0.25) is 0 Å². The molecule has 1 aromatic heterocycles. The summed E-state index contributed by atoms with van der Waals surface area (Å²) in [6.07, 6.45) is 8.36. The Hall–Kier alpha value is -3.15. The molecule has 4 rings (SSSR count). The van der Waals surface area contributed by atoms with Crippen molar-refractivity contribution >= 4 is 17.1 Å². The molecule has 1 aliphatic rings. The molecule has 1 aliphatic carbocycles. The molecular weight excluding hydrogens is 414 g/mol. The van der Waals surface area contributed by atoms with Crippen molar-refractivity contribution in [3.05, 3.63) is 64.2 Å². The van der Waals surface area contributed by atoms with Crippen molar-refractivity contribution in [2.45, 2.75) is 71.3 Å². The highest BCUT2D eigenvalue weighted by Crippen LogP contribution is 2.32. The number of hydrogen-bond acceptors (Lipinski definition) is 5. The van der Waals surface area contributed by atoms with Crippen LogP contribution in [-0.4, -0.2) is 28.6 Å². The van der Waals surface area contributed by atoms with Gasteiger partial charge in [-0.2, -0.15) is 9.78 Å². The van der Waals surface area contributed by atoms with Crippen molar-refractivity contribution in [2.75, 3.05) is 6.61 Å². The molecule has 6 nitrogen and oxygen atoms in total. The predicted octanol–water partition coefficient (Wildman–Crippen LogP) is 5.90. The van der Waals surface area contributed by atoms with Crippen LogP contribution in [-0.2, 0) is 0 Å². The van der Waals surface area contributed by atoms with E-state index in [9.17, 15) is 4.79 Å². The Kier molecular flexibility index (Phi) is 7.43. The molecule has 2 aromatic carbocycles. The van der Waals surface area contributed by atoms with Crippen LogP contribution >= 0.6 is 0 Å². The maximum atomic E-state index is 13.4. The lowest BCUT2D eigenvalue weighted by atomic mass is 9.88. The third kappa shape index (κ3) is 5.27. The van der Waals surface area contributed by atoms with E-state index >= 15 is 0 Å². The smallest absolute Gasteiger partial charge is 0.282 e. The maximum absolute atomic E-state index is 13.4. The quantitative estimate of drug-likeness (QED) is 0.403. The van der Waals surface area contributed by atoms with Crippen LogP contribution in [0.5, 0.6) is 11.5 Å². The van der Waals surface area contributed by atoms with Crippen molar-refractivity contribution in [3.63, 3.8) is 0 Å². The van der Waals surface area contributed by atoms with E-state index in [1.807, 2.05) is 56.3 Å². The van der Waals surface area contributed by atoms with Crippen LogP contribution in [0.3, 0.4) is 0 Å². The van der Waals surface area contributed by atoms with Crippen LogP contribution in [0, 0.1) is 0 Å². The molecule has 0 unspecified atom stereocenters. The first-order valence-electron chi connectivity index (χ1n) is 12.1. The largest absolute Gasteiger partial charge is 0.490 e. The van der Waals surface area contributed by atoms with Gasteiger partial charge in [-0.1, -0.05) is 38.3 Å². The molecule has 1 heterocycles. The minimum atomic E-state index is -0.126. The minimum Gasteiger partial charge on any atom is -0.490 e.